The summed E-state index contributed by atoms with van der Waals surface area (Å²) in [4.78, 5) is 37.9. The van der Waals surface area contributed by atoms with Crippen molar-refractivity contribution < 1.29 is 63.6 Å². The molecule has 0 aromatic rings. The molecule has 0 aromatic carbocycles. The maximum Gasteiger partial charge on any atom is 1.00 e. The average molecular weight is 579 g/mol. The van der Waals surface area contributed by atoms with Gasteiger partial charge in [0.1, 0.15) is 12.2 Å². The molecule has 0 amide bonds. The molecule has 0 radical (unpaired) electrons. The third kappa shape index (κ3) is 6.70. The monoisotopic (exact) mass is 578 g/mol. The van der Waals surface area contributed by atoms with E-state index in [2.05, 4.69) is 13.8 Å². The van der Waals surface area contributed by atoms with Gasteiger partial charge in [-0.05, 0) is 76.2 Å². The molecule has 1 unspecified atom stereocenters. The molecule has 41 heavy (non-hydrogen) atoms. The summed E-state index contributed by atoms with van der Waals surface area (Å²) < 4.78 is 10.9. The zero-order valence-corrected chi connectivity index (χ0v) is 28.6. The van der Waals surface area contributed by atoms with Gasteiger partial charge in [-0.2, -0.15) is 0 Å². The SMILES string of the molecule is COC(/C=C/C(C)=C/C=C/C(C)=C1\C(=O)C[C@H]2[C@@]3(C)CC[C@@H](OC(C)=O)[C@](C)(C(=O)[O-])[C@@H]3CC[C@]12C)C(C)(C)O.[Na+]. The Morgan fingerprint density at radius 1 is 1.07 bits per heavy atom. The molecule has 0 bridgehead atoms. The topological polar surface area (TPSA) is 113 Å². The first-order valence-electron chi connectivity index (χ1n) is 14.3. The smallest absolute Gasteiger partial charge is 0.549 e. The number of methoxy groups -OCH3 is 1. The minimum absolute atomic E-state index is 0. The number of ketones is 1. The molecule has 0 heterocycles. The Hall–Kier alpha value is -1.51. The van der Waals surface area contributed by atoms with Gasteiger partial charge in [-0.15, -0.1) is 0 Å². The largest absolute Gasteiger partial charge is 1.00 e. The van der Waals surface area contributed by atoms with E-state index < -0.39 is 40.6 Å². The van der Waals surface area contributed by atoms with E-state index in [0.717, 1.165) is 16.7 Å². The quantitative estimate of drug-likeness (QED) is 0.202. The second kappa shape index (κ2) is 13.0. The summed E-state index contributed by atoms with van der Waals surface area (Å²) in [6, 6.07) is 0. The molecule has 3 aliphatic rings. The summed E-state index contributed by atoms with van der Waals surface area (Å²) >= 11 is 0. The number of hydrogen-bond acceptors (Lipinski definition) is 7. The number of aliphatic hydroxyl groups is 1. The van der Waals surface area contributed by atoms with Gasteiger partial charge in [-0.25, -0.2) is 0 Å². The zero-order valence-electron chi connectivity index (χ0n) is 26.6. The van der Waals surface area contributed by atoms with Gasteiger partial charge < -0.3 is 24.5 Å². The fourth-order valence-electron chi connectivity index (χ4n) is 8.23. The van der Waals surface area contributed by atoms with Crippen LogP contribution >= 0.6 is 0 Å². The second-order valence-electron chi connectivity index (χ2n) is 13.4. The molecule has 3 fully saturated rings. The molecular formula is C33H47NaO7. The molecule has 0 aromatic heterocycles. The van der Waals surface area contributed by atoms with E-state index in [0.29, 0.717) is 32.1 Å². The molecule has 7 atom stereocenters. The van der Waals surface area contributed by atoms with Crippen LogP contribution in [0.5, 0.6) is 0 Å². The van der Waals surface area contributed by atoms with E-state index in [1.807, 2.05) is 44.2 Å². The summed E-state index contributed by atoms with van der Waals surface area (Å²) in [5.41, 5.74) is -0.338. The standard InChI is InChI=1S/C33H48O7.Na/c1-20(13-14-26(39-9)30(4,5)38)11-10-12-21(2)28-23(35)19-25-31(6)18-16-27(40-22(3)34)33(8,29(36)37)24(31)15-17-32(25,28)7;/h10-14,24-27,38H,15-19H2,1-9H3,(H,36,37);/q;+1/p-1/b12-10+,14-13+,20-11+,28-21+;/t24-,25+,26?,27-,31+,32+,33-;/m1./s1. The number of fused-ring (bicyclic) bond motifs is 3. The predicted molar refractivity (Wildman–Crippen MR) is 152 cm³/mol. The molecule has 3 aliphatic carbocycles. The Labute approximate surface area is 267 Å². The predicted octanol–water partition coefficient (Wildman–Crippen LogP) is 1.64. The minimum atomic E-state index is -1.31. The van der Waals surface area contributed by atoms with Crippen LogP contribution in [0, 0.1) is 28.1 Å². The molecular weight excluding hydrogens is 531 g/mol. The first-order valence-corrected chi connectivity index (χ1v) is 14.3. The Morgan fingerprint density at radius 3 is 2.24 bits per heavy atom. The van der Waals surface area contributed by atoms with Gasteiger partial charge in [0.2, 0.25) is 0 Å². The van der Waals surface area contributed by atoms with Crippen LogP contribution in [0.1, 0.15) is 87.5 Å². The number of esters is 1. The van der Waals surface area contributed by atoms with Crippen LogP contribution in [0.4, 0.5) is 0 Å². The van der Waals surface area contributed by atoms with Crippen LogP contribution in [0.2, 0.25) is 0 Å². The first kappa shape index (κ1) is 35.7. The molecule has 0 spiro atoms. The number of carboxylic acids is 1. The van der Waals surface area contributed by atoms with E-state index >= 15 is 0 Å². The summed E-state index contributed by atoms with van der Waals surface area (Å²) in [5.74, 6) is -1.81. The van der Waals surface area contributed by atoms with Crippen LogP contribution in [-0.4, -0.2) is 47.7 Å². The number of carbonyl (C=O) groups is 3. The Kier molecular flexibility index (Phi) is 11.3. The molecule has 1 N–H and O–H groups in total. The van der Waals surface area contributed by atoms with Gasteiger partial charge in [-0.3, -0.25) is 9.59 Å². The van der Waals surface area contributed by atoms with Crippen molar-refractivity contribution in [2.45, 2.75) is 105 Å². The molecule has 222 valence electrons. The molecule has 0 aliphatic heterocycles. The van der Waals surface area contributed by atoms with Crippen LogP contribution in [0.25, 0.3) is 0 Å². The number of rotatable bonds is 8. The summed E-state index contributed by atoms with van der Waals surface area (Å²) in [7, 11) is 1.56. The van der Waals surface area contributed by atoms with Crippen molar-refractivity contribution in [2.75, 3.05) is 7.11 Å². The first-order chi connectivity index (χ1) is 18.4. The van der Waals surface area contributed by atoms with Gasteiger partial charge in [0.25, 0.3) is 0 Å². The number of ether oxygens (including phenoxy) is 2. The van der Waals surface area contributed by atoms with Gasteiger partial charge in [0.05, 0.1) is 11.6 Å². The number of carboxylic acid groups (broad SMARTS) is 1. The van der Waals surface area contributed by atoms with E-state index in [4.69, 9.17) is 9.47 Å². The maximum absolute atomic E-state index is 13.6. The van der Waals surface area contributed by atoms with Gasteiger partial charge in [0, 0.05) is 36.9 Å². The van der Waals surface area contributed by atoms with Crippen molar-refractivity contribution in [2.24, 2.45) is 28.1 Å². The summed E-state index contributed by atoms with van der Waals surface area (Å²) in [5, 5.41) is 22.8. The second-order valence-corrected chi connectivity index (χ2v) is 13.4. The summed E-state index contributed by atoms with van der Waals surface area (Å²) in [6.07, 6.45) is 11.2. The van der Waals surface area contributed by atoms with Crippen molar-refractivity contribution in [3.05, 3.63) is 47.1 Å². The van der Waals surface area contributed by atoms with Crippen LogP contribution in [0.3, 0.4) is 0 Å². The zero-order chi connectivity index (χ0) is 30.3. The van der Waals surface area contributed by atoms with Crippen LogP contribution < -0.4 is 34.7 Å². The van der Waals surface area contributed by atoms with E-state index in [1.165, 1.54) is 6.92 Å². The summed E-state index contributed by atoms with van der Waals surface area (Å²) in [6.45, 7) is 14.6. The maximum atomic E-state index is 13.6. The number of carbonyl (C=O) groups excluding carboxylic acids is 3. The average Bonchev–Trinajstić information content (AvgIpc) is 3.11. The van der Waals surface area contributed by atoms with Crippen LogP contribution in [0.15, 0.2) is 47.1 Å². The van der Waals surface area contributed by atoms with Gasteiger partial charge >= 0.3 is 35.5 Å². The number of allylic oxidation sites excluding steroid dienone is 7. The molecule has 3 saturated carbocycles. The molecule has 3 rings (SSSR count). The third-order valence-corrected chi connectivity index (χ3v) is 10.2. The fourth-order valence-corrected chi connectivity index (χ4v) is 8.23. The van der Waals surface area contributed by atoms with E-state index in [9.17, 15) is 24.6 Å². The van der Waals surface area contributed by atoms with E-state index in [1.54, 1.807) is 27.9 Å². The molecule has 8 heteroatoms. The number of Topliss-reactive ketones (excluding diaryl/α,β-unsaturated/α-hetero) is 1. The van der Waals surface area contributed by atoms with Crippen LogP contribution in [-0.2, 0) is 23.9 Å². The van der Waals surface area contributed by atoms with Crippen molar-refractivity contribution in [1.82, 2.24) is 0 Å². The fraction of sp³-hybridized carbons (Fsp3) is 0.667. The van der Waals surface area contributed by atoms with Crippen molar-refractivity contribution in [3.8, 4) is 0 Å². The molecule has 0 saturated heterocycles. The van der Waals surface area contributed by atoms with Crippen molar-refractivity contribution in [3.63, 3.8) is 0 Å². The number of hydrogen-bond donors (Lipinski definition) is 1. The Balaban J connectivity index is 0.00000588. The number of aliphatic carboxylic acids is 1. The normalized spacial score (nSPS) is 36.0. The van der Waals surface area contributed by atoms with Gasteiger partial charge in [0.15, 0.2) is 5.78 Å². The van der Waals surface area contributed by atoms with Crippen molar-refractivity contribution in [1.29, 1.82) is 0 Å². The van der Waals surface area contributed by atoms with Gasteiger partial charge in [-0.1, -0.05) is 56.7 Å². The van der Waals surface area contributed by atoms with Crippen molar-refractivity contribution >= 4 is 17.7 Å². The molecule has 7 nitrogen and oxygen atoms in total. The third-order valence-electron chi connectivity index (χ3n) is 10.2. The van der Waals surface area contributed by atoms with E-state index in [-0.39, 0.29) is 52.6 Å². The Morgan fingerprint density at radius 2 is 1.71 bits per heavy atom. The minimum Gasteiger partial charge on any atom is -0.549 e. The Bertz CT molecular complexity index is 1160.